The molecule has 0 radical (unpaired) electrons. The fraction of sp³-hybridized carbons (Fsp3) is 0.750. The first-order valence-corrected chi connectivity index (χ1v) is 6.91. The fourth-order valence-corrected chi connectivity index (χ4v) is 3.33. The molecule has 1 aromatic heterocycles. The smallest absolute Gasteiger partial charge is 0.180 e. The van der Waals surface area contributed by atoms with Gasteiger partial charge in [-0.1, -0.05) is 13.8 Å². The van der Waals surface area contributed by atoms with E-state index in [1.165, 1.54) is 37.2 Å². The van der Waals surface area contributed by atoms with Gasteiger partial charge >= 0.3 is 0 Å². The number of nitrogen functional groups attached to an aromatic ring is 1. The molecule has 0 aliphatic carbocycles. The average Bonchev–Trinajstić information content (AvgIpc) is 2.87. The highest BCUT2D eigenvalue weighted by Gasteiger charge is 2.34. The molecule has 0 spiro atoms. The standard InChI is InChI=1S/C12H21N3S/c1-3-12(4-2)5-6-15(9-12)8-10-7-14-11(13)16-10/h7H,3-6,8-9H2,1-2H3,(H2,13,14). The molecule has 1 saturated heterocycles. The SMILES string of the molecule is CCC1(CC)CCN(Cc2cnc(N)s2)C1. The van der Waals surface area contributed by atoms with Gasteiger partial charge < -0.3 is 5.73 Å². The van der Waals surface area contributed by atoms with Gasteiger partial charge in [-0.25, -0.2) is 4.98 Å². The highest BCUT2D eigenvalue weighted by Crippen LogP contribution is 2.37. The highest BCUT2D eigenvalue weighted by molar-refractivity contribution is 7.15. The van der Waals surface area contributed by atoms with E-state index in [1.807, 2.05) is 6.20 Å². The molecule has 1 aliphatic rings. The van der Waals surface area contributed by atoms with E-state index in [-0.39, 0.29) is 0 Å². The molecule has 4 heteroatoms. The van der Waals surface area contributed by atoms with E-state index in [9.17, 15) is 0 Å². The van der Waals surface area contributed by atoms with E-state index in [2.05, 4.69) is 23.7 Å². The maximum atomic E-state index is 5.65. The monoisotopic (exact) mass is 239 g/mol. The molecule has 0 atom stereocenters. The number of likely N-dealkylation sites (tertiary alicyclic amines) is 1. The van der Waals surface area contributed by atoms with Crippen molar-refractivity contribution in [2.24, 2.45) is 5.41 Å². The Labute approximate surface area is 102 Å². The van der Waals surface area contributed by atoms with Gasteiger partial charge in [0.1, 0.15) is 0 Å². The van der Waals surface area contributed by atoms with Gasteiger partial charge in [-0.3, -0.25) is 4.90 Å². The summed E-state index contributed by atoms with van der Waals surface area (Å²) < 4.78 is 0. The van der Waals surface area contributed by atoms with Gasteiger partial charge in [0.15, 0.2) is 5.13 Å². The number of hydrogen-bond donors (Lipinski definition) is 1. The highest BCUT2D eigenvalue weighted by atomic mass is 32.1. The van der Waals surface area contributed by atoms with E-state index in [0.717, 1.165) is 6.54 Å². The molecule has 0 unspecified atom stereocenters. The van der Waals surface area contributed by atoms with Gasteiger partial charge in [0, 0.05) is 24.2 Å². The zero-order valence-electron chi connectivity index (χ0n) is 10.2. The molecule has 0 saturated carbocycles. The number of nitrogens with two attached hydrogens (primary N) is 1. The third kappa shape index (κ3) is 2.38. The molecule has 0 aromatic carbocycles. The van der Waals surface area contributed by atoms with Crippen molar-refractivity contribution in [2.45, 2.75) is 39.7 Å². The summed E-state index contributed by atoms with van der Waals surface area (Å²) >= 11 is 1.61. The normalized spacial score (nSPS) is 20.4. The molecule has 90 valence electrons. The second-order valence-electron chi connectivity index (χ2n) is 4.83. The molecule has 2 rings (SSSR count). The molecule has 3 nitrogen and oxygen atoms in total. The quantitative estimate of drug-likeness (QED) is 0.878. The third-order valence-corrected chi connectivity index (χ3v) is 4.78. The first-order valence-electron chi connectivity index (χ1n) is 6.10. The number of hydrogen-bond acceptors (Lipinski definition) is 4. The van der Waals surface area contributed by atoms with Crippen LogP contribution < -0.4 is 5.73 Å². The second-order valence-corrected chi connectivity index (χ2v) is 5.98. The van der Waals surface area contributed by atoms with Crippen LogP contribution in [-0.4, -0.2) is 23.0 Å². The minimum Gasteiger partial charge on any atom is -0.375 e. The number of rotatable bonds is 4. The third-order valence-electron chi connectivity index (χ3n) is 3.97. The van der Waals surface area contributed by atoms with Crippen LogP contribution >= 0.6 is 11.3 Å². The van der Waals surface area contributed by atoms with E-state index in [1.54, 1.807) is 11.3 Å². The Morgan fingerprint density at radius 2 is 2.25 bits per heavy atom. The van der Waals surface area contributed by atoms with Crippen molar-refractivity contribution in [3.8, 4) is 0 Å². The van der Waals surface area contributed by atoms with Gasteiger partial charge in [0.2, 0.25) is 0 Å². The molecule has 0 amide bonds. The molecule has 2 N–H and O–H groups in total. The molecule has 1 aromatic rings. The lowest BCUT2D eigenvalue weighted by Crippen LogP contribution is -2.25. The summed E-state index contributed by atoms with van der Waals surface area (Å²) in [5.74, 6) is 0. The van der Waals surface area contributed by atoms with Crippen LogP contribution in [0.25, 0.3) is 0 Å². The molecule has 0 bridgehead atoms. The lowest BCUT2D eigenvalue weighted by molar-refractivity contribution is 0.237. The van der Waals surface area contributed by atoms with Crippen LogP contribution in [0, 0.1) is 5.41 Å². The van der Waals surface area contributed by atoms with Crippen LogP contribution in [0.5, 0.6) is 0 Å². The van der Waals surface area contributed by atoms with Crippen molar-refractivity contribution >= 4 is 16.5 Å². The van der Waals surface area contributed by atoms with Crippen molar-refractivity contribution in [2.75, 3.05) is 18.8 Å². The van der Waals surface area contributed by atoms with Crippen LogP contribution in [0.15, 0.2) is 6.20 Å². The molecule has 1 aliphatic heterocycles. The zero-order valence-corrected chi connectivity index (χ0v) is 11.0. The van der Waals surface area contributed by atoms with Crippen molar-refractivity contribution < 1.29 is 0 Å². The molecule has 2 heterocycles. The van der Waals surface area contributed by atoms with Crippen LogP contribution in [0.4, 0.5) is 5.13 Å². The van der Waals surface area contributed by atoms with Crippen LogP contribution in [0.3, 0.4) is 0 Å². The summed E-state index contributed by atoms with van der Waals surface area (Å²) in [4.78, 5) is 7.94. The zero-order chi connectivity index (χ0) is 11.6. The van der Waals surface area contributed by atoms with Crippen molar-refractivity contribution in [1.29, 1.82) is 0 Å². The molecular weight excluding hydrogens is 218 g/mol. The second kappa shape index (κ2) is 4.72. The van der Waals surface area contributed by atoms with E-state index < -0.39 is 0 Å². The van der Waals surface area contributed by atoms with E-state index >= 15 is 0 Å². The Morgan fingerprint density at radius 3 is 2.75 bits per heavy atom. The largest absolute Gasteiger partial charge is 0.375 e. The molecule has 1 fully saturated rings. The molecule has 16 heavy (non-hydrogen) atoms. The van der Waals surface area contributed by atoms with Gasteiger partial charge in [-0.15, -0.1) is 11.3 Å². The maximum absolute atomic E-state index is 5.65. The van der Waals surface area contributed by atoms with E-state index in [0.29, 0.717) is 10.5 Å². The average molecular weight is 239 g/mol. The Kier molecular flexibility index (Phi) is 3.50. The summed E-state index contributed by atoms with van der Waals surface area (Å²) in [5.41, 5.74) is 6.21. The number of nitrogens with zero attached hydrogens (tertiary/aromatic N) is 2. The maximum Gasteiger partial charge on any atom is 0.180 e. The Bertz CT molecular complexity index is 344. The first kappa shape index (κ1) is 11.9. The minimum atomic E-state index is 0.566. The molecular formula is C12H21N3S. The van der Waals surface area contributed by atoms with Crippen molar-refractivity contribution in [3.05, 3.63) is 11.1 Å². The Morgan fingerprint density at radius 1 is 1.50 bits per heavy atom. The lowest BCUT2D eigenvalue weighted by Gasteiger charge is -2.26. The lowest BCUT2D eigenvalue weighted by atomic mass is 9.82. The summed E-state index contributed by atoms with van der Waals surface area (Å²) in [6.07, 6.45) is 5.85. The summed E-state index contributed by atoms with van der Waals surface area (Å²) in [7, 11) is 0. The number of aromatic nitrogens is 1. The summed E-state index contributed by atoms with van der Waals surface area (Å²) in [5, 5.41) is 0.687. The van der Waals surface area contributed by atoms with Crippen LogP contribution in [0.2, 0.25) is 0 Å². The Hall–Kier alpha value is -0.610. The van der Waals surface area contributed by atoms with Gasteiger partial charge in [0.05, 0.1) is 0 Å². The van der Waals surface area contributed by atoms with Crippen LogP contribution in [-0.2, 0) is 6.54 Å². The number of anilines is 1. The number of thiazole rings is 1. The van der Waals surface area contributed by atoms with Gasteiger partial charge in [-0.05, 0) is 31.2 Å². The van der Waals surface area contributed by atoms with Crippen molar-refractivity contribution in [3.63, 3.8) is 0 Å². The summed E-state index contributed by atoms with van der Waals surface area (Å²) in [6, 6.07) is 0. The first-order chi connectivity index (χ1) is 7.67. The Balaban J connectivity index is 1.94. The van der Waals surface area contributed by atoms with Crippen molar-refractivity contribution in [1.82, 2.24) is 9.88 Å². The topological polar surface area (TPSA) is 42.2 Å². The summed E-state index contributed by atoms with van der Waals surface area (Å²) in [6.45, 7) is 8.11. The van der Waals surface area contributed by atoms with E-state index in [4.69, 9.17) is 5.73 Å². The minimum absolute atomic E-state index is 0.566. The van der Waals surface area contributed by atoms with Gasteiger partial charge in [0.25, 0.3) is 0 Å². The fourth-order valence-electron chi connectivity index (χ4n) is 2.61. The van der Waals surface area contributed by atoms with Gasteiger partial charge in [-0.2, -0.15) is 0 Å². The predicted octanol–water partition coefficient (Wildman–Crippen LogP) is 2.74. The predicted molar refractivity (Wildman–Crippen MR) is 69.4 cm³/mol. The van der Waals surface area contributed by atoms with Crippen LogP contribution in [0.1, 0.15) is 38.0 Å².